The summed E-state index contributed by atoms with van der Waals surface area (Å²) in [4.78, 5) is 32.1. The van der Waals surface area contributed by atoms with Crippen molar-refractivity contribution < 1.29 is 18.4 Å². The van der Waals surface area contributed by atoms with E-state index in [0.29, 0.717) is 18.7 Å². The third-order valence-electron chi connectivity index (χ3n) is 4.42. The second-order valence-corrected chi connectivity index (χ2v) is 6.44. The third kappa shape index (κ3) is 4.04. The number of carbonyl (C=O) groups is 2. The smallest absolute Gasteiger partial charge is 0.228 e. The van der Waals surface area contributed by atoms with Crippen LogP contribution in [0.25, 0.3) is 0 Å². The van der Waals surface area contributed by atoms with E-state index >= 15 is 0 Å². The fraction of sp³-hybridized carbons (Fsp3) is 0.316. The number of aromatic nitrogens is 1. The summed E-state index contributed by atoms with van der Waals surface area (Å²) in [6, 6.07) is 9.03. The molecule has 0 unspecified atom stereocenters. The van der Waals surface area contributed by atoms with Crippen molar-refractivity contribution in [3.63, 3.8) is 0 Å². The Bertz CT molecular complexity index is 814. The summed E-state index contributed by atoms with van der Waals surface area (Å²) in [5, 5.41) is 0. The summed E-state index contributed by atoms with van der Waals surface area (Å²) in [7, 11) is 1.59. The number of nitrogens with zero attached hydrogens (tertiary/aromatic N) is 3. The van der Waals surface area contributed by atoms with Crippen molar-refractivity contribution in [2.45, 2.75) is 19.5 Å². The van der Waals surface area contributed by atoms with Gasteiger partial charge in [0.25, 0.3) is 0 Å². The molecule has 0 radical (unpaired) electrons. The van der Waals surface area contributed by atoms with Crippen LogP contribution in [0.2, 0.25) is 0 Å². The maximum absolute atomic E-state index is 13.3. The maximum Gasteiger partial charge on any atom is 0.228 e. The summed E-state index contributed by atoms with van der Waals surface area (Å²) >= 11 is 0. The van der Waals surface area contributed by atoms with E-state index < -0.39 is 17.6 Å². The van der Waals surface area contributed by atoms with E-state index in [0.717, 1.165) is 17.8 Å². The third-order valence-corrected chi connectivity index (χ3v) is 4.42. The summed E-state index contributed by atoms with van der Waals surface area (Å²) < 4.78 is 26.3. The van der Waals surface area contributed by atoms with Gasteiger partial charge in [0.2, 0.25) is 11.8 Å². The van der Waals surface area contributed by atoms with Crippen LogP contribution in [0.3, 0.4) is 0 Å². The van der Waals surface area contributed by atoms with Crippen molar-refractivity contribution in [3.05, 3.63) is 65.5 Å². The van der Waals surface area contributed by atoms with Gasteiger partial charge in [0, 0.05) is 32.8 Å². The minimum absolute atomic E-state index is 0.0878. The Morgan fingerprint density at radius 3 is 2.77 bits per heavy atom. The van der Waals surface area contributed by atoms with Crippen molar-refractivity contribution >= 4 is 11.8 Å². The highest BCUT2D eigenvalue weighted by molar-refractivity contribution is 5.89. The Kier molecular flexibility index (Phi) is 5.25. The molecule has 0 saturated carbocycles. The predicted molar refractivity (Wildman–Crippen MR) is 90.6 cm³/mol. The second-order valence-electron chi connectivity index (χ2n) is 6.44. The molecule has 0 bridgehead atoms. The lowest BCUT2D eigenvalue weighted by molar-refractivity contribution is -0.135. The van der Waals surface area contributed by atoms with Crippen LogP contribution in [0.4, 0.5) is 8.78 Å². The summed E-state index contributed by atoms with van der Waals surface area (Å²) in [5.74, 6) is -2.58. The molecule has 2 aromatic rings. The van der Waals surface area contributed by atoms with Gasteiger partial charge in [-0.25, -0.2) is 8.78 Å². The van der Waals surface area contributed by atoms with Gasteiger partial charge in [0.05, 0.1) is 18.2 Å². The molecule has 7 heteroatoms. The van der Waals surface area contributed by atoms with Crippen LogP contribution in [0, 0.1) is 17.6 Å². The molecule has 136 valence electrons. The number of halogens is 2. The van der Waals surface area contributed by atoms with E-state index in [-0.39, 0.29) is 24.8 Å². The predicted octanol–water partition coefficient (Wildman–Crippen LogP) is 2.37. The first-order chi connectivity index (χ1) is 12.4. The molecule has 2 heterocycles. The molecule has 1 aliphatic heterocycles. The number of rotatable bonds is 5. The van der Waals surface area contributed by atoms with Crippen molar-refractivity contribution in [3.8, 4) is 0 Å². The van der Waals surface area contributed by atoms with Crippen LogP contribution in [-0.2, 0) is 22.7 Å². The van der Waals surface area contributed by atoms with Gasteiger partial charge in [0.1, 0.15) is 0 Å². The van der Waals surface area contributed by atoms with E-state index in [1.807, 2.05) is 12.1 Å². The molecule has 2 amide bonds. The Balaban J connectivity index is 1.60. The van der Waals surface area contributed by atoms with E-state index in [1.165, 1.54) is 11.0 Å². The van der Waals surface area contributed by atoms with Gasteiger partial charge in [-0.1, -0.05) is 12.1 Å². The number of hydrogen-bond donors (Lipinski definition) is 0. The molecular weight excluding hydrogens is 340 g/mol. The van der Waals surface area contributed by atoms with Crippen LogP contribution in [0.15, 0.2) is 42.6 Å². The molecule has 1 aliphatic rings. The van der Waals surface area contributed by atoms with Crippen LogP contribution >= 0.6 is 0 Å². The van der Waals surface area contributed by atoms with Gasteiger partial charge < -0.3 is 9.80 Å². The first-order valence-corrected chi connectivity index (χ1v) is 8.30. The summed E-state index contributed by atoms with van der Waals surface area (Å²) in [6.07, 6.45) is 1.81. The van der Waals surface area contributed by atoms with Crippen molar-refractivity contribution in [1.82, 2.24) is 14.8 Å². The molecule has 0 spiro atoms. The zero-order valence-electron chi connectivity index (χ0n) is 14.4. The van der Waals surface area contributed by atoms with Gasteiger partial charge in [-0.05, 0) is 29.8 Å². The summed E-state index contributed by atoms with van der Waals surface area (Å²) in [5.41, 5.74) is 1.26. The number of pyridine rings is 1. The highest BCUT2D eigenvalue weighted by Crippen LogP contribution is 2.22. The number of amides is 2. The molecular formula is C19H19F2N3O2. The largest absolute Gasteiger partial charge is 0.341 e. The number of likely N-dealkylation sites (tertiary alicyclic amines) is 1. The molecule has 3 rings (SSSR count). The topological polar surface area (TPSA) is 53.5 Å². The molecule has 0 aliphatic carbocycles. The van der Waals surface area contributed by atoms with E-state index in [4.69, 9.17) is 0 Å². The van der Waals surface area contributed by atoms with E-state index in [1.54, 1.807) is 24.2 Å². The number of hydrogen-bond acceptors (Lipinski definition) is 3. The Hall–Kier alpha value is -2.83. The number of carbonyl (C=O) groups excluding carboxylic acids is 2. The Labute approximate surface area is 150 Å². The lowest BCUT2D eigenvalue weighted by Gasteiger charge is -2.21. The molecule has 1 aromatic carbocycles. The van der Waals surface area contributed by atoms with Crippen LogP contribution in [0.1, 0.15) is 17.7 Å². The maximum atomic E-state index is 13.3. The zero-order chi connectivity index (χ0) is 18.7. The van der Waals surface area contributed by atoms with Gasteiger partial charge in [-0.2, -0.15) is 0 Å². The molecule has 5 nitrogen and oxygen atoms in total. The first-order valence-electron chi connectivity index (χ1n) is 8.30. The van der Waals surface area contributed by atoms with Crippen LogP contribution in [-0.4, -0.2) is 40.2 Å². The Morgan fingerprint density at radius 2 is 2.08 bits per heavy atom. The van der Waals surface area contributed by atoms with Crippen molar-refractivity contribution in [2.75, 3.05) is 13.6 Å². The van der Waals surface area contributed by atoms with Gasteiger partial charge >= 0.3 is 0 Å². The zero-order valence-corrected chi connectivity index (χ0v) is 14.4. The van der Waals surface area contributed by atoms with E-state index in [9.17, 15) is 18.4 Å². The van der Waals surface area contributed by atoms with Gasteiger partial charge in [0.15, 0.2) is 11.6 Å². The molecule has 0 N–H and O–H groups in total. The average Bonchev–Trinajstić information content (AvgIpc) is 2.99. The highest BCUT2D eigenvalue weighted by atomic mass is 19.2. The van der Waals surface area contributed by atoms with Crippen LogP contribution < -0.4 is 0 Å². The minimum Gasteiger partial charge on any atom is -0.341 e. The standard InChI is InChI=1S/C19H19F2N3O2/c1-23(10-13-5-6-16(20)17(21)8-13)19(26)14-9-18(25)24(11-14)12-15-4-2-3-7-22-15/h2-8,14H,9-12H2,1H3/t14-/m1/s1. The van der Waals surface area contributed by atoms with Crippen molar-refractivity contribution in [2.24, 2.45) is 5.92 Å². The fourth-order valence-corrected chi connectivity index (χ4v) is 3.08. The summed E-state index contributed by atoms with van der Waals surface area (Å²) in [6.45, 7) is 0.855. The monoisotopic (exact) mass is 359 g/mol. The fourth-order valence-electron chi connectivity index (χ4n) is 3.08. The lowest BCUT2D eigenvalue weighted by Crippen LogP contribution is -2.34. The SMILES string of the molecule is CN(Cc1ccc(F)c(F)c1)C(=O)[C@@H]1CC(=O)N(Cc2ccccn2)C1. The first kappa shape index (κ1) is 18.0. The molecule has 1 fully saturated rings. The minimum atomic E-state index is -0.944. The second kappa shape index (κ2) is 7.59. The highest BCUT2D eigenvalue weighted by Gasteiger charge is 2.35. The van der Waals surface area contributed by atoms with Gasteiger partial charge in [-0.3, -0.25) is 14.6 Å². The Morgan fingerprint density at radius 1 is 1.27 bits per heavy atom. The normalized spacial score (nSPS) is 16.8. The number of benzene rings is 1. The van der Waals surface area contributed by atoms with Crippen LogP contribution in [0.5, 0.6) is 0 Å². The van der Waals surface area contributed by atoms with Crippen molar-refractivity contribution in [1.29, 1.82) is 0 Å². The lowest BCUT2D eigenvalue weighted by atomic mass is 10.1. The van der Waals surface area contributed by atoms with Gasteiger partial charge in [-0.15, -0.1) is 0 Å². The average molecular weight is 359 g/mol. The van der Waals surface area contributed by atoms with E-state index in [2.05, 4.69) is 4.98 Å². The molecule has 1 atom stereocenters. The quantitative estimate of drug-likeness (QED) is 0.824. The molecule has 1 aromatic heterocycles. The molecule has 1 saturated heterocycles. The molecule has 26 heavy (non-hydrogen) atoms.